The number of halogens is 1. The molecule has 1 aliphatic rings. The molecule has 2 atom stereocenters. The third-order valence-corrected chi connectivity index (χ3v) is 3.58. The van der Waals surface area contributed by atoms with Crippen LogP contribution in [0.3, 0.4) is 0 Å². The molecule has 2 nitrogen and oxygen atoms in total. The molecule has 1 heterocycles. The minimum Gasteiger partial charge on any atom is -0.326 e. The van der Waals surface area contributed by atoms with Crippen molar-refractivity contribution in [1.29, 1.82) is 0 Å². The van der Waals surface area contributed by atoms with Crippen LogP contribution in [0.2, 0.25) is 0 Å². The molecule has 0 aliphatic carbocycles. The molecule has 0 amide bonds. The average molecular weight is 236 g/mol. The van der Waals surface area contributed by atoms with Gasteiger partial charge in [0, 0.05) is 19.0 Å². The Hall–Kier alpha value is -0.930. The Morgan fingerprint density at radius 1 is 1.53 bits per heavy atom. The van der Waals surface area contributed by atoms with Crippen molar-refractivity contribution in [3.63, 3.8) is 0 Å². The average Bonchev–Trinajstić information content (AvgIpc) is 2.38. The van der Waals surface area contributed by atoms with E-state index in [1.807, 2.05) is 24.3 Å². The van der Waals surface area contributed by atoms with Crippen molar-refractivity contribution in [3.8, 4) is 0 Å². The molecular weight excluding hydrogens is 215 g/mol. The smallest absolute Gasteiger partial charge is 0.129 e. The normalized spacial score (nSPS) is 23.6. The second-order valence-corrected chi connectivity index (χ2v) is 5.02. The van der Waals surface area contributed by atoms with Gasteiger partial charge in [0.2, 0.25) is 0 Å². The zero-order valence-electron chi connectivity index (χ0n) is 10.4. The van der Waals surface area contributed by atoms with E-state index in [0.29, 0.717) is 6.54 Å². The number of alkyl halides is 1. The predicted molar refractivity (Wildman–Crippen MR) is 68.4 cm³/mol. The maximum Gasteiger partial charge on any atom is 0.129 e. The minimum absolute atomic E-state index is 0.127. The summed E-state index contributed by atoms with van der Waals surface area (Å²) in [6, 6.07) is 7.62. The van der Waals surface area contributed by atoms with Crippen molar-refractivity contribution in [2.24, 2.45) is 11.7 Å². The highest BCUT2D eigenvalue weighted by atomic mass is 19.1. The highest BCUT2D eigenvalue weighted by Gasteiger charge is 2.26. The molecule has 2 unspecified atom stereocenters. The molecule has 0 aromatic heterocycles. The first-order valence-electron chi connectivity index (χ1n) is 6.32. The van der Waals surface area contributed by atoms with Crippen molar-refractivity contribution in [2.75, 3.05) is 20.1 Å². The molecule has 0 radical (unpaired) electrons. The number of hydrogen-bond donors (Lipinski definition) is 1. The molecular formula is C14H21FN2. The molecule has 0 bridgehead atoms. The van der Waals surface area contributed by atoms with E-state index in [4.69, 9.17) is 5.73 Å². The first kappa shape index (κ1) is 12.5. The third kappa shape index (κ3) is 3.05. The Morgan fingerprint density at radius 3 is 3.06 bits per heavy atom. The van der Waals surface area contributed by atoms with Gasteiger partial charge in [0.05, 0.1) is 0 Å². The van der Waals surface area contributed by atoms with E-state index in [0.717, 1.165) is 37.1 Å². The fraction of sp³-hybridized carbons (Fsp3) is 0.571. The number of rotatable bonds is 3. The van der Waals surface area contributed by atoms with E-state index in [1.54, 1.807) is 0 Å². The van der Waals surface area contributed by atoms with Gasteiger partial charge in [-0.1, -0.05) is 24.3 Å². The summed E-state index contributed by atoms with van der Waals surface area (Å²) < 4.78 is 14.4. The maximum atomic E-state index is 14.4. The number of piperidine rings is 1. The molecule has 94 valence electrons. The van der Waals surface area contributed by atoms with Gasteiger partial charge >= 0.3 is 0 Å². The Labute approximate surface area is 103 Å². The Bertz CT molecular complexity index is 367. The van der Waals surface area contributed by atoms with Crippen LogP contribution >= 0.6 is 0 Å². The molecule has 1 aliphatic heterocycles. The van der Waals surface area contributed by atoms with Gasteiger partial charge in [0.1, 0.15) is 6.17 Å². The van der Waals surface area contributed by atoms with Gasteiger partial charge in [0.25, 0.3) is 0 Å². The maximum absolute atomic E-state index is 14.4. The topological polar surface area (TPSA) is 29.3 Å². The van der Waals surface area contributed by atoms with Crippen LogP contribution in [0.1, 0.15) is 30.1 Å². The fourth-order valence-corrected chi connectivity index (χ4v) is 2.61. The quantitative estimate of drug-likeness (QED) is 0.873. The molecule has 0 saturated carbocycles. The van der Waals surface area contributed by atoms with Crippen LogP contribution in [-0.2, 0) is 6.54 Å². The summed E-state index contributed by atoms with van der Waals surface area (Å²) in [4.78, 5) is 2.22. The lowest BCUT2D eigenvalue weighted by molar-refractivity contribution is 0.126. The van der Waals surface area contributed by atoms with Crippen molar-refractivity contribution in [3.05, 3.63) is 35.4 Å². The molecule has 1 fully saturated rings. The lowest BCUT2D eigenvalue weighted by atomic mass is 9.89. The van der Waals surface area contributed by atoms with E-state index >= 15 is 0 Å². The summed E-state index contributed by atoms with van der Waals surface area (Å²) in [6.45, 7) is 2.42. The van der Waals surface area contributed by atoms with Gasteiger partial charge in [-0.25, -0.2) is 4.39 Å². The van der Waals surface area contributed by atoms with Gasteiger partial charge in [-0.3, -0.25) is 0 Å². The summed E-state index contributed by atoms with van der Waals surface area (Å²) in [6.07, 6.45) is 1.22. The number of nitrogens with two attached hydrogens (primary N) is 1. The molecule has 3 heteroatoms. The molecule has 1 aromatic carbocycles. The molecule has 1 saturated heterocycles. The van der Waals surface area contributed by atoms with Crippen LogP contribution in [0.25, 0.3) is 0 Å². The Morgan fingerprint density at radius 2 is 2.35 bits per heavy atom. The standard InChI is InChI=1S/C14H21FN2/c1-17-7-3-6-13(10-17)14(15)12-5-2-4-11(8-12)9-16/h2,4-5,8,13-14H,3,6-7,9-10,16H2,1H3. The number of benzene rings is 1. The zero-order valence-corrected chi connectivity index (χ0v) is 10.4. The minimum atomic E-state index is -0.857. The second-order valence-electron chi connectivity index (χ2n) is 5.02. The Balaban J connectivity index is 2.09. The van der Waals surface area contributed by atoms with Crippen LogP contribution in [0.5, 0.6) is 0 Å². The van der Waals surface area contributed by atoms with Crippen LogP contribution in [0, 0.1) is 5.92 Å². The first-order valence-corrected chi connectivity index (χ1v) is 6.32. The van der Waals surface area contributed by atoms with E-state index in [2.05, 4.69) is 11.9 Å². The summed E-state index contributed by atoms with van der Waals surface area (Å²) in [5, 5.41) is 0. The number of nitrogens with zero attached hydrogens (tertiary/aromatic N) is 1. The lowest BCUT2D eigenvalue weighted by Gasteiger charge is -2.31. The monoisotopic (exact) mass is 236 g/mol. The molecule has 1 aromatic rings. The summed E-state index contributed by atoms with van der Waals surface area (Å²) in [7, 11) is 2.06. The van der Waals surface area contributed by atoms with Crippen LogP contribution in [0.4, 0.5) is 4.39 Å². The number of hydrogen-bond acceptors (Lipinski definition) is 2. The van der Waals surface area contributed by atoms with Gasteiger partial charge in [0.15, 0.2) is 0 Å². The first-order chi connectivity index (χ1) is 8.20. The van der Waals surface area contributed by atoms with Crippen molar-refractivity contribution in [1.82, 2.24) is 4.90 Å². The van der Waals surface area contributed by atoms with Crippen LogP contribution in [-0.4, -0.2) is 25.0 Å². The van der Waals surface area contributed by atoms with Gasteiger partial charge < -0.3 is 10.6 Å². The molecule has 17 heavy (non-hydrogen) atoms. The highest BCUT2D eigenvalue weighted by Crippen LogP contribution is 2.32. The zero-order chi connectivity index (χ0) is 12.3. The molecule has 0 spiro atoms. The van der Waals surface area contributed by atoms with Crippen LogP contribution < -0.4 is 5.73 Å². The predicted octanol–water partition coefficient (Wildman–Crippen LogP) is 2.50. The van der Waals surface area contributed by atoms with Crippen molar-refractivity contribution in [2.45, 2.75) is 25.6 Å². The van der Waals surface area contributed by atoms with Gasteiger partial charge in [-0.2, -0.15) is 0 Å². The van der Waals surface area contributed by atoms with E-state index < -0.39 is 6.17 Å². The summed E-state index contributed by atoms with van der Waals surface area (Å²) >= 11 is 0. The lowest BCUT2D eigenvalue weighted by Crippen LogP contribution is -2.34. The summed E-state index contributed by atoms with van der Waals surface area (Å²) in [5.74, 6) is 0.127. The fourth-order valence-electron chi connectivity index (χ4n) is 2.61. The second kappa shape index (κ2) is 5.61. The van der Waals surface area contributed by atoms with Gasteiger partial charge in [-0.15, -0.1) is 0 Å². The molecule has 2 rings (SSSR count). The van der Waals surface area contributed by atoms with E-state index in [-0.39, 0.29) is 5.92 Å². The highest BCUT2D eigenvalue weighted by molar-refractivity contribution is 5.25. The van der Waals surface area contributed by atoms with Crippen LogP contribution in [0.15, 0.2) is 24.3 Å². The summed E-state index contributed by atoms with van der Waals surface area (Å²) in [5.41, 5.74) is 7.38. The molecule has 2 N–H and O–H groups in total. The largest absolute Gasteiger partial charge is 0.326 e. The van der Waals surface area contributed by atoms with Crippen molar-refractivity contribution < 1.29 is 4.39 Å². The van der Waals surface area contributed by atoms with E-state index in [9.17, 15) is 4.39 Å². The van der Waals surface area contributed by atoms with Crippen molar-refractivity contribution >= 4 is 0 Å². The Kier molecular flexibility index (Phi) is 4.13. The number of likely N-dealkylation sites (tertiary alicyclic amines) is 1. The van der Waals surface area contributed by atoms with E-state index in [1.165, 1.54) is 0 Å². The third-order valence-electron chi connectivity index (χ3n) is 3.58. The SMILES string of the molecule is CN1CCCC(C(F)c2cccc(CN)c2)C1. The van der Waals surface area contributed by atoms with Gasteiger partial charge in [-0.05, 0) is 37.6 Å².